The van der Waals surface area contributed by atoms with Crippen molar-refractivity contribution in [2.45, 2.75) is 6.54 Å². The number of carbonyl (C=O) groups excluding carboxylic acids is 1. The predicted molar refractivity (Wildman–Crippen MR) is 93.0 cm³/mol. The van der Waals surface area contributed by atoms with Crippen molar-refractivity contribution in [3.63, 3.8) is 0 Å². The SMILES string of the molecule is O=C(Cn1ccc2ccc(Cl)cc21)Nc1ccc2c(c1)OCCO2. The summed E-state index contributed by atoms with van der Waals surface area (Å²) in [7, 11) is 0. The summed E-state index contributed by atoms with van der Waals surface area (Å²) in [5.41, 5.74) is 1.61. The van der Waals surface area contributed by atoms with Gasteiger partial charge in [0, 0.05) is 28.5 Å². The van der Waals surface area contributed by atoms with Gasteiger partial charge in [0.05, 0.1) is 0 Å². The van der Waals surface area contributed by atoms with E-state index in [1.807, 2.05) is 35.0 Å². The summed E-state index contributed by atoms with van der Waals surface area (Å²) >= 11 is 6.04. The number of carbonyl (C=O) groups is 1. The quantitative estimate of drug-likeness (QED) is 0.789. The van der Waals surface area contributed by atoms with Gasteiger partial charge in [0.2, 0.25) is 5.91 Å². The number of benzene rings is 2. The molecule has 1 N–H and O–H groups in total. The first-order valence-electron chi connectivity index (χ1n) is 7.63. The van der Waals surface area contributed by atoms with E-state index in [0.717, 1.165) is 10.9 Å². The van der Waals surface area contributed by atoms with E-state index in [9.17, 15) is 4.79 Å². The summed E-state index contributed by atoms with van der Waals surface area (Å²) in [5, 5.41) is 4.58. The van der Waals surface area contributed by atoms with Crippen molar-refractivity contribution in [1.82, 2.24) is 4.57 Å². The van der Waals surface area contributed by atoms with Crippen LogP contribution >= 0.6 is 11.6 Å². The minimum Gasteiger partial charge on any atom is -0.486 e. The molecule has 6 heteroatoms. The number of nitrogens with zero attached hydrogens (tertiary/aromatic N) is 1. The Labute approximate surface area is 143 Å². The molecule has 0 spiro atoms. The maximum atomic E-state index is 12.3. The second-order valence-corrected chi connectivity index (χ2v) is 5.99. The van der Waals surface area contributed by atoms with Gasteiger partial charge in [-0.2, -0.15) is 0 Å². The minimum absolute atomic E-state index is 0.121. The van der Waals surface area contributed by atoms with Crippen molar-refractivity contribution in [2.24, 2.45) is 0 Å². The van der Waals surface area contributed by atoms with Crippen LogP contribution in [-0.2, 0) is 11.3 Å². The van der Waals surface area contributed by atoms with E-state index in [2.05, 4.69) is 5.32 Å². The predicted octanol–water partition coefficient (Wildman–Crippen LogP) is 3.70. The zero-order valence-corrected chi connectivity index (χ0v) is 13.5. The van der Waals surface area contributed by atoms with E-state index >= 15 is 0 Å². The summed E-state index contributed by atoms with van der Waals surface area (Å²) in [6.07, 6.45) is 1.88. The Bertz CT molecular complexity index is 920. The van der Waals surface area contributed by atoms with Gasteiger partial charge in [0.15, 0.2) is 11.5 Å². The van der Waals surface area contributed by atoms with Crippen LogP contribution in [0.1, 0.15) is 0 Å². The molecule has 2 aromatic carbocycles. The maximum absolute atomic E-state index is 12.3. The van der Waals surface area contributed by atoms with E-state index in [-0.39, 0.29) is 12.5 Å². The Hall–Kier alpha value is -2.66. The van der Waals surface area contributed by atoms with Crippen LogP contribution in [0.15, 0.2) is 48.7 Å². The molecule has 4 rings (SSSR count). The first-order chi connectivity index (χ1) is 11.7. The fraction of sp³-hybridized carbons (Fsp3) is 0.167. The van der Waals surface area contributed by atoms with E-state index in [0.29, 0.717) is 35.4 Å². The van der Waals surface area contributed by atoms with Gasteiger partial charge in [-0.05, 0) is 35.7 Å². The second-order valence-electron chi connectivity index (χ2n) is 5.55. The number of aromatic nitrogens is 1. The number of nitrogens with one attached hydrogen (secondary N) is 1. The lowest BCUT2D eigenvalue weighted by Gasteiger charge is -2.19. The highest BCUT2D eigenvalue weighted by Gasteiger charge is 2.13. The standard InChI is InChI=1S/C18H15ClN2O3/c19-13-2-1-12-5-6-21(15(12)9-13)11-18(22)20-14-3-4-16-17(10-14)24-8-7-23-16/h1-6,9-10H,7-8,11H2,(H,20,22). The summed E-state index contributed by atoms with van der Waals surface area (Å²) in [6.45, 7) is 1.26. The van der Waals surface area contributed by atoms with E-state index in [1.54, 1.807) is 18.2 Å². The third kappa shape index (κ3) is 2.90. The summed E-state index contributed by atoms with van der Waals surface area (Å²) < 4.78 is 12.9. The molecule has 0 bridgehead atoms. The molecule has 0 radical (unpaired) electrons. The van der Waals surface area contributed by atoms with Crippen molar-refractivity contribution < 1.29 is 14.3 Å². The van der Waals surface area contributed by atoms with Crippen LogP contribution in [0, 0.1) is 0 Å². The lowest BCUT2D eigenvalue weighted by Crippen LogP contribution is -2.19. The van der Waals surface area contributed by atoms with Gasteiger partial charge in [0.25, 0.3) is 0 Å². The Morgan fingerprint density at radius 3 is 2.79 bits per heavy atom. The number of hydrogen-bond acceptors (Lipinski definition) is 3. The second kappa shape index (κ2) is 6.09. The van der Waals surface area contributed by atoms with Crippen LogP contribution < -0.4 is 14.8 Å². The number of rotatable bonds is 3. The van der Waals surface area contributed by atoms with Gasteiger partial charge in [-0.25, -0.2) is 0 Å². The smallest absolute Gasteiger partial charge is 0.244 e. The Kier molecular flexibility index (Phi) is 3.78. The van der Waals surface area contributed by atoms with Crippen molar-refractivity contribution >= 4 is 34.1 Å². The van der Waals surface area contributed by atoms with Crippen LogP contribution in [0.4, 0.5) is 5.69 Å². The normalized spacial score (nSPS) is 13.0. The van der Waals surface area contributed by atoms with Crippen molar-refractivity contribution in [3.05, 3.63) is 53.7 Å². The molecule has 1 aliphatic rings. The molecule has 5 nitrogen and oxygen atoms in total. The molecule has 0 aliphatic carbocycles. The molecule has 24 heavy (non-hydrogen) atoms. The van der Waals surface area contributed by atoms with Crippen LogP contribution in [0.25, 0.3) is 10.9 Å². The first kappa shape index (κ1) is 14.9. The average molecular weight is 343 g/mol. The topological polar surface area (TPSA) is 52.5 Å². The molecule has 0 saturated heterocycles. The largest absolute Gasteiger partial charge is 0.486 e. The molecule has 3 aromatic rings. The molecule has 0 saturated carbocycles. The lowest BCUT2D eigenvalue weighted by atomic mass is 10.2. The van der Waals surface area contributed by atoms with Crippen molar-refractivity contribution in [1.29, 1.82) is 0 Å². The molecule has 0 fully saturated rings. The minimum atomic E-state index is -0.121. The van der Waals surface area contributed by atoms with Gasteiger partial charge in [-0.3, -0.25) is 4.79 Å². The number of halogens is 1. The van der Waals surface area contributed by atoms with Crippen LogP contribution in [-0.4, -0.2) is 23.7 Å². The average Bonchev–Trinajstić information content (AvgIpc) is 2.97. The molecule has 2 heterocycles. The molecule has 0 atom stereocenters. The lowest BCUT2D eigenvalue weighted by molar-refractivity contribution is -0.116. The Morgan fingerprint density at radius 1 is 1.08 bits per heavy atom. The highest BCUT2D eigenvalue weighted by Crippen LogP contribution is 2.32. The summed E-state index contributed by atoms with van der Waals surface area (Å²) in [4.78, 5) is 12.3. The number of amides is 1. The zero-order chi connectivity index (χ0) is 16.5. The highest BCUT2D eigenvalue weighted by atomic mass is 35.5. The molecule has 0 unspecified atom stereocenters. The Morgan fingerprint density at radius 2 is 1.92 bits per heavy atom. The summed E-state index contributed by atoms with van der Waals surface area (Å²) in [6, 6.07) is 13.0. The highest BCUT2D eigenvalue weighted by molar-refractivity contribution is 6.31. The maximum Gasteiger partial charge on any atom is 0.244 e. The number of anilines is 1. The monoisotopic (exact) mass is 342 g/mol. The number of hydrogen-bond donors (Lipinski definition) is 1. The molecular formula is C18H15ClN2O3. The van der Waals surface area contributed by atoms with Crippen molar-refractivity contribution in [3.8, 4) is 11.5 Å². The summed E-state index contributed by atoms with van der Waals surface area (Å²) in [5.74, 6) is 1.23. The van der Waals surface area contributed by atoms with E-state index in [4.69, 9.17) is 21.1 Å². The zero-order valence-electron chi connectivity index (χ0n) is 12.8. The van der Waals surface area contributed by atoms with Crippen molar-refractivity contribution in [2.75, 3.05) is 18.5 Å². The first-order valence-corrected chi connectivity index (χ1v) is 8.01. The molecular weight excluding hydrogens is 328 g/mol. The van der Waals surface area contributed by atoms with Gasteiger partial charge in [-0.15, -0.1) is 0 Å². The fourth-order valence-electron chi connectivity index (χ4n) is 2.77. The van der Waals surface area contributed by atoms with Gasteiger partial charge in [0.1, 0.15) is 19.8 Å². The van der Waals surface area contributed by atoms with E-state index < -0.39 is 0 Å². The van der Waals surface area contributed by atoms with Crippen LogP contribution in [0.3, 0.4) is 0 Å². The van der Waals surface area contributed by atoms with Gasteiger partial charge >= 0.3 is 0 Å². The van der Waals surface area contributed by atoms with Gasteiger partial charge < -0.3 is 19.4 Å². The molecule has 122 valence electrons. The number of fused-ring (bicyclic) bond motifs is 2. The van der Waals surface area contributed by atoms with Crippen LogP contribution in [0.2, 0.25) is 5.02 Å². The third-order valence-electron chi connectivity index (χ3n) is 3.88. The molecule has 1 aromatic heterocycles. The molecule has 1 amide bonds. The Balaban J connectivity index is 1.51. The number of ether oxygens (including phenoxy) is 2. The fourth-order valence-corrected chi connectivity index (χ4v) is 2.94. The molecule has 1 aliphatic heterocycles. The van der Waals surface area contributed by atoms with E-state index in [1.165, 1.54) is 0 Å². The van der Waals surface area contributed by atoms with Crippen LogP contribution in [0.5, 0.6) is 11.5 Å². The third-order valence-corrected chi connectivity index (χ3v) is 4.11. The van der Waals surface area contributed by atoms with Gasteiger partial charge in [-0.1, -0.05) is 17.7 Å².